The maximum absolute atomic E-state index is 14.3. The first-order valence-electron chi connectivity index (χ1n) is 16.5. The number of carbonyl (C=O) groups is 2. The molecule has 11 nitrogen and oxygen atoms in total. The summed E-state index contributed by atoms with van der Waals surface area (Å²) in [5.74, 6) is 0.490. The van der Waals surface area contributed by atoms with Gasteiger partial charge >= 0.3 is 10.2 Å². The topological polar surface area (TPSA) is 119 Å². The summed E-state index contributed by atoms with van der Waals surface area (Å²) in [6.45, 7) is 2.38. The number of hydrogen-bond acceptors (Lipinski definition) is 7. The Bertz CT molecular complexity index is 1720. The Kier molecular flexibility index (Phi) is 9.66. The van der Waals surface area contributed by atoms with E-state index in [4.69, 9.17) is 14.2 Å². The lowest BCUT2D eigenvalue weighted by Crippen LogP contribution is -2.50. The summed E-state index contributed by atoms with van der Waals surface area (Å²) in [7, 11) is 2.05. The lowest BCUT2D eigenvalue weighted by atomic mass is 9.81. The van der Waals surface area contributed by atoms with Crippen LogP contribution in [-0.4, -0.2) is 94.7 Å². The fourth-order valence-corrected chi connectivity index (χ4v) is 7.77. The number of fused-ring (bicyclic) bond motifs is 1. The summed E-state index contributed by atoms with van der Waals surface area (Å²) < 4.78 is 47.1. The standard InChI is InChI=1S/C35H46N4O7S/c1-37(2)47(42,43)36-33(40)26-12-15-29-30(20-26)39(23-35(16-17-35)34(41)38-18-19-46-28(21-38)22-44-3)32(25-10-13-27(45-4)14-11-25)31(29)24-8-6-5-7-9-24/h10-15,20,24,28H,5-9,16-19,21-23H2,1-4H3,(H,36,40)/t28-/m1/s1. The van der Waals surface area contributed by atoms with E-state index in [2.05, 4.69) is 21.4 Å². The smallest absolute Gasteiger partial charge is 0.303 e. The van der Waals surface area contributed by atoms with Gasteiger partial charge in [-0.15, -0.1) is 0 Å². The van der Waals surface area contributed by atoms with Gasteiger partial charge in [0.15, 0.2) is 0 Å². The van der Waals surface area contributed by atoms with E-state index in [-0.39, 0.29) is 17.6 Å². The number of rotatable bonds is 11. The van der Waals surface area contributed by atoms with Crippen molar-refractivity contribution in [1.29, 1.82) is 0 Å². The molecule has 3 aliphatic rings. The lowest BCUT2D eigenvalue weighted by molar-refractivity contribution is -0.147. The van der Waals surface area contributed by atoms with E-state index >= 15 is 0 Å². The van der Waals surface area contributed by atoms with Crippen molar-refractivity contribution >= 4 is 32.9 Å². The molecule has 47 heavy (non-hydrogen) atoms. The largest absolute Gasteiger partial charge is 0.497 e. The van der Waals surface area contributed by atoms with Crippen molar-refractivity contribution in [2.75, 3.05) is 54.6 Å². The number of carbonyl (C=O) groups excluding carboxylic acids is 2. The highest BCUT2D eigenvalue weighted by atomic mass is 32.2. The fraction of sp³-hybridized carbons (Fsp3) is 0.543. The SMILES string of the molecule is COC[C@H]1CN(C(=O)C2(Cn3c(-c4ccc(OC)cc4)c(C4CCCCC4)c4ccc(C(=O)NS(=O)(=O)N(C)C)cc43)CC2)CCO1. The van der Waals surface area contributed by atoms with Crippen LogP contribution >= 0.6 is 0 Å². The summed E-state index contributed by atoms with van der Waals surface area (Å²) in [5, 5.41) is 1.03. The summed E-state index contributed by atoms with van der Waals surface area (Å²) in [4.78, 5) is 29.5. The van der Waals surface area contributed by atoms with E-state index in [0.717, 1.165) is 70.7 Å². The number of benzene rings is 2. The average molecular weight is 667 g/mol. The molecule has 1 aromatic heterocycles. The lowest BCUT2D eigenvalue weighted by Gasteiger charge is -2.35. The highest BCUT2D eigenvalue weighted by Gasteiger charge is 2.53. The molecule has 2 heterocycles. The molecule has 1 aliphatic heterocycles. The van der Waals surface area contributed by atoms with Crippen LogP contribution in [0.25, 0.3) is 22.2 Å². The molecule has 2 saturated carbocycles. The van der Waals surface area contributed by atoms with Crippen LogP contribution in [-0.2, 0) is 31.0 Å². The second-order valence-corrected chi connectivity index (χ2v) is 15.2. The minimum atomic E-state index is -3.98. The summed E-state index contributed by atoms with van der Waals surface area (Å²) in [5.41, 5.74) is 3.77. The highest BCUT2D eigenvalue weighted by Crippen LogP contribution is 2.52. The third-order valence-corrected chi connectivity index (χ3v) is 11.4. The molecule has 2 aliphatic carbocycles. The van der Waals surface area contributed by atoms with Gasteiger partial charge in [0.1, 0.15) is 5.75 Å². The van der Waals surface area contributed by atoms with Crippen LogP contribution in [0.2, 0.25) is 0 Å². The van der Waals surface area contributed by atoms with Crippen LogP contribution in [0.4, 0.5) is 0 Å². The number of amides is 2. The third kappa shape index (κ3) is 6.78. The number of aromatic nitrogens is 1. The zero-order valence-corrected chi connectivity index (χ0v) is 28.6. The van der Waals surface area contributed by atoms with Gasteiger partial charge in [0.2, 0.25) is 5.91 Å². The van der Waals surface area contributed by atoms with E-state index in [1.165, 1.54) is 26.1 Å². The Morgan fingerprint density at radius 2 is 1.77 bits per heavy atom. The van der Waals surface area contributed by atoms with Gasteiger partial charge in [-0.3, -0.25) is 9.59 Å². The molecule has 2 amide bonds. The zero-order valence-electron chi connectivity index (χ0n) is 27.8. The van der Waals surface area contributed by atoms with Crippen molar-refractivity contribution in [2.45, 2.75) is 63.5 Å². The van der Waals surface area contributed by atoms with Crippen LogP contribution < -0.4 is 9.46 Å². The number of hydrogen-bond donors (Lipinski definition) is 1. The molecular weight excluding hydrogens is 620 g/mol. The van der Waals surface area contributed by atoms with Crippen molar-refractivity contribution < 1.29 is 32.2 Å². The number of morpholine rings is 1. The van der Waals surface area contributed by atoms with Gasteiger partial charge in [-0.1, -0.05) is 25.3 Å². The molecule has 1 N–H and O–H groups in total. The first kappa shape index (κ1) is 33.5. The number of methoxy groups -OCH3 is 2. The molecule has 1 atom stereocenters. The second kappa shape index (κ2) is 13.6. The predicted octanol–water partition coefficient (Wildman–Crippen LogP) is 4.55. The number of nitrogens with zero attached hydrogens (tertiary/aromatic N) is 3. The van der Waals surface area contributed by atoms with Gasteiger partial charge in [-0.05, 0) is 79.1 Å². The molecule has 12 heteroatoms. The Balaban J connectivity index is 1.49. The maximum atomic E-state index is 14.3. The van der Waals surface area contributed by atoms with Gasteiger partial charge in [0.25, 0.3) is 5.91 Å². The molecule has 0 unspecified atom stereocenters. The quantitative estimate of drug-likeness (QED) is 0.319. The Morgan fingerprint density at radius 3 is 2.40 bits per heavy atom. The first-order valence-corrected chi connectivity index (χ1v) is 18.0. The highest BCUT2D eigenvalue weighted by molar-refractivity contribution is 7.87. The van der Waals surface area contributed by atoms with Crippen molar-refractivity contribution in [1.82, 2.24) is 18.5 Å². The van der Waals surface area contributed by atoms with Crippen molar-refractivity contribution in [3.63, 3.8) is 0 Å². The molecule has 254 valence electrons. The molecule has 6 rings (SSSR count). The van der Waals surface area contributed by atoms with E-state index in [9.17, 15) is 18.0 Å². The van der Waals surface area contributed by atoms with Gasteiger partial charge in [0, 0.05) is 57.3 Å². The van der Waals surface area contributed by atoms with Crippen LogP contribution in [0.15, 0.2) is 42.5 Å². The Morgan fingerprint density at radius 1 is 1.04 bits per heavy atom. The van der Waals surface area contributed by atoms with Gasteiger partial charge in [-0.25, -0.2) is 4.72 Å². The minimum Gasteiger partial charge on any atom is -0.497 e. The average Bonchev–Trinajstić information content (AvgIpc) is 3.80. The van der Waals surface area contributed by atoms with Crippen LogP contribution in [0.1, 0.15) is 66.8 Å². The minimum absolute atomic E-state index is 0.120. The van der Waals surface area contributed by atoms with Crippen molar-refractivity contribution in [3.05, 3.63) is 53.6 Å². The van der Waals surface area contributed by atoms with E-state index in [0.29, 0.717) is 38.8 Å². The summed E-state index contributed by atoms with van der Waals surface area (Å²) in [6.07, 6.45) is 6.98. The maximum Gasteiger partial charge on any atom is 0.303 e. The van der Waals surface area contributed by atoms with E-state index < -0.39 is 21.5 Å². The predicted molar refractivity (Wildman–Crippen MR) is 180 cm³/mol. The fourth-order valence-electron chi connectivity index (χ4n) is 7.23. The van der Waals surface area contributed by atoms with Crippen molar-refractivity contribution in [2.24, 2.45) is 5.41 Å². The monoisotopic (exact) mass is 666 g/mol. The molecule has 3 aromatic rings. The molecule has 3 fully saturated rings. The normalized spacial score (nSPS) is 20.0. The van der Waals surface area contributed by atoms with Crippen LogP contribution in [0.5, 0.6) is 5.75 Å². The molecule has 0 radical (unpaired) electrons. The molecule has 2 aromatic carbocycles. The molecular formula is C35H46N4O7S. The van der Waals surface area contributed by atoms with Gasteiger partial charge in [0.05, 0.1) is 37.5 Å². The summed E-state index contributed by atoms with van der Waals surface area (Å²) in [6, 6.07) is 13.5. The first-order chi connectivity index (χ1) is 22.6. The zero-order chi connectivity index (χ0) is 33.3. The Labute approximate surface area is 277 Å². The second-order valence-electron chi connectivity index (χ2n) is 13.3. The molecule has 0 spiro atoms. The van der Waals surface area contributed by atoms with E-state index in [1.807, 2.05) is 23.1 Å². The Hall–Kier alpha value is -3.45. The van der Waals surface area contributed by atoms with Crippen LogP contribution in [0.3, 0.4) is 0 Å². The molecule has 0 bridgehead atoms. The van der Waals surface area contributed by atoms with Gasteiger partial charge < -0.3 is 23.7 Å². The van der Waals surface area contributed by atoms with Gasteiger partial charge in [-0.2, -0.15) is 12.7 Å². The third-order valence-electron chi connectivity index (χ3n) is 9.99. The van der Waals surface area contributed by atoms with Crippen molar-refractivity contribution in [3.8, 4) is 17.0 Å². The molecule has 1 saturated heterocycles. The summed E-state index contributed by atoms with van der Waals surface area (Å²) >= 11 is 0. The van der Waals surface area contributed by atoms with E-state index in [1.54, 1.807) is 26.4 Å². The van der Waals surface area contributed by atoms with Crippen LogP contribution in [0, 0.1) is 5.41 Å². The number of ether oxygens (including phenoxy) is 3. The number of nitrogens with one attached hydrogen (secondary N) is 1.